The van der Waals surface area contributed by atoms with Crippen molar-refractivity contribution in [3.05, 3.63) is 57.2 Å². The van der Waals surface area contributed by atoms with Gasteiger partial charge in [0.25, 0.3) is 5.56 Å². The lowest BCUT2D eigenvalue weighted by Crippen LogP contribution is -2.23. The van der Waals surface area contributed by atoms with Crippen LogP contribution in [-0.4, -0.2) is 22.9 Å². The zero-order chi connectivity index (χ0) is 14.5. The standard InChI is InChI=1S/C13H13ClFN3O2/c14-12-5-10(15)2-1-9(12)8-18-13(19)6-11(7-17-18)20-4-3-16/h1-2,5-7H,3-4,8,16H2. The van der Waals surface area contributed by atoms with E-state index in [-0.39, 0.29) is 17.1 Å². The maximum Gasteiger partial charge on any atom is 0.270 e. The van der Waals surface area contributed by atoms with Crippen LogP contribution in [0.3, 0.4) is 0 Å². The highest BCUT2D eigenvalue weighted by molar-refractivity contribution is 6.31. The Hall–Kier alpha value is -1.92. The van der Waals surface area contributed by atoms with E-state index in [1.165, 1.54) is 35.1 Å². The molecule has 2 N–H and O–H groups in total. The first-order valence-corrected chi connectivity index (χ1v) is 6.32. The van der Waals surface area contributed by atoms with Crippen LogP contribution in [0.4, 0.5) is 4.39 Å². The van der Waals surface area contributed by atoms with E-state index in [1.807, 2.05) is 0 Å². The maximum atomic E-state index is 12.9. The van der Waals surface area contributed by atoms with Gasteiger partial charge in [0.2, 0.25) is 0 Å². The Bertz CT molecular complexity index is 660. The van der Waals surface area contributed by atoms with Gasteiger partial charge in [0.1, 0.15) is 18.2 Å². The van der Waals surface area contributed by atoms with Crippen molar-refractivity contribution in [2.75, 3.05) is 13.2 Å². The van der Waals surface area contributed by atoms with Gasteiger partial charge in [-0.05, 0) is 17.7 Å². The summed E-state index contributed by atoms with van der Waals surface area (Å²) in [6.45, 7) is 0.832. The quantitative estimate of drug-likeness (QED) is 0.906. The molecule has 2 aromatic rings. The Kier molecular flexibility index (Phi) is 4.70. The van der Waals surface area contributed by atoms with Crippen molar-refractivity contribution in [1.29, 1.82) is 0 Å². The predicted molar refractivity (Wildman–Crippen MR) is 73.6 cm³/mol. The average molecular weight is 298 g/mol. The van der Waals surface area contributed by atoms with Crippen molar-refractivity contribution in [2.45, 2.75) is 6.54 Å². The van der Waals surface area contributed by atoms with E-state index in [2.05, 4.69) is 5.10 Å². The third-order valence-electron chi connectivity index (χ3n) is 2.57. The molecule has 20 heavy (non-hydrogen) atoms. The smallest absolute Gasteiger partial charge is 0.270 e. The van der Waals surface area contributed by atoms with Gasteiger partial charge >= 0.3 is 0 Å². The highest BCUT2D eigenvalue weighted by Gasteiger charge is 2.06. The van der Waals surface area contributed by atoms with Crippen molar-refractivity contribution in [3.8, 4) is 5.75 Å². The lowest BCUT2D eigenvalue weighted by molar-refractivity contribution is 0.324. The molecule has 1 aromatic carbocycles. The SMILES string of the molecule is NCCOc1cnn(Cc2ccc(F)cc2Cl)c(=O)c1. The van der Waals surface area contributed by atoms with Crippen LogP contribution in [0.1, 0.15) is 5.56 Å². The molecule has 0 radical (unpaired) electrons. The third kappa shape index (κ3) is 3.55. The summed E-state index contributed by atoms with van der Waals surface area (Å²) in [5.41, 5.74) is 5.58. The molecular weight excluding hydrogens is 285 g/mol. The van der Waals surface area contributed by atoms with Gasteiger partial charge in [0.15, 0.2) is 0 Å². The summed E-state index contributed by atoms with van der Waals surface area (Å²) < 4.78 is 19.4. The number of rotatable bonds is 5. The zero-order valence-electron chi connectivity index (χ0n) is 10.6. The topological polar surface area (TPSA) is 70.1 Å². The molecule has 0 aliphatic rings. The van der Waals surface area contributed by atoms with Crippen molar-refractivity contribution in [1.82, 2.24) is 9.78 Å². The largest absolute Gasteiger partial charge is 0.490 e. The lowest BCUT2D eigenvalue weighted by atomic mass is 10.2. The molecule has 2 rings (SSSR count). The van der Waals surface area contributed by atoms with E-state index in [9.17, 15) is 9.18 Å². The number of halogens is 2. The molecule has 0 atom stereocenters. The molecule has 1 heterocycles. The second-order valence-electron chi connectivity index (χ2n) is 4.06. The Morgan fingerprint density at radius 2 is 2.20 bits per heavy atom. The second kappa shape index (κ2) is 6.49. The number of hydrogen-bond acceptors (Lipinski definition) is 4. The van der Waals surface area contributed by atoms with Gasteiger partial charge in [-0.15, -0.1) is 0 Å². The van der Waals surface area contributed by atoms with Gasteiger partial charge in [-0.2, -0.15) is 5.10 Å². The van der Waals surface area contributed by atoms with Gasteiger partial charge in [-0.3, -0.25) is 4.79 Å². The molecule has 7 heteroatoms. The van der Waals surface area contributed by atoms with Crippen LogP contribution in [0, 0.1) is 5.82 Å². The van der Waals surface area contributed by atoms with Gasteiger partial charge in [-0.25, -0.2) is 9.07 Å². The lowest BCUT2D eigenvalue weighted by Gasteiger charge is -2.08. The van der Waals surface area contributed by atoms with E-state index in [1.54, 1.807) is 0 Å². The van der Waals surface area contributed by atoms with Crippen molar-refractivity contribution >= 4 is 11.6 Å². The van der Waals surface area contributed by atoms with Gasteiger partial charge in [0, 0.05) is 17.6 Å². The molecule has 5 nitrogen and oxygen atoms in total. The van der Waals surface area contributed by atoms with Crippen LogP contribution in [0.2, 0.25) is 5.02 Å². The minimum Gasteiger partial charge on any atom is -0.490 e. The van der Waals surface area contributed by atoms with Crippen LogP contribution >= 0.6 is 11.6 Å². The fourth-order valence-corrected chi connectivity index (χ4v) is 1.83. The fourth-order valence-electron chi connectivity index (χ4n) is 1.60. The van der Waals surface area contributed by atoms with Crippen LogP contribution in [0.15, 0.2) is 35.3 Å². The zero-order valence-corrected chi connectivity index (χ0v) is 11.3. The summed E-state index contributed by atoms with van der Waals surface area (Å²) in [5.74, 6) is -0.0634. The summed E-state index contributed by atoms with van der Waals surface area (Å²) in [5, 5.41) is 4.23. The molecule has 106 valence electrons. The molecule has 0 aliphatic carbocycles. The van der Waals surface area contributed by atoms with E-state index >= 15 is 0 Å². The average Bonchev–Trinajstić information content (AvgIpc) is 2.42. The van der Waals surface area contributed by atoms with Crippen molar-refractivity contribution in [3.63, 3.8) is 0 Å². The maximum absolute atomic E-state index is 12.9. The number of nitrogens with zero attached hydrogens (tertiary/aromatic N) is 2. The molecular formula is C13H13ClFN3O2. The number of nitrogens with two attached hydrogens (primary N) is 1. The molecule has 0 fully saturated rings. The summed E-state index contributed by atoms with van der Waals surface area (Å²) >= 11 is 5.91. The summed E-state index contributed by atoms with van der Waals surface area (Å²) in [7, 11) is 0. The predicted octanol–water partition coefficient (Wildman–Crippen LogP) is 1.42. The van der Waals surface area contributed by atoms with E-state index in [4.69, 9.17) is 22.1 Å². The Balaban J connectivity index is 2.19. The van der Waals surface area contributed by atoms with Crippen LogP contribution in [-0.2, 0) is 6.54 Å². The first-order valence-electron chi connectivity index (χ1n) is 5.94. The molecule has 0 amide bonds. The second-order valence-corrected chi connectivity index (χ2v) is 4.47. The van der Waals surface area contributed by atoms with Crippen molar-refractivity contribution in [2.24, 2.45) is 5.73 Å². The molecule has 1 aromatic heterocycles. The number of ether oxygens (including phenoxy) is 1. The Morgan fingerprint density at radius 3 is 2.85 bits per heavy atom. The first kappa shape index (κ1) is 14.5. The number of aromatic nitrogens is 2. The summed E-state index contributed by atoms with van der Waals surface area (Å²) in [6, 6.07) is 5.32. The highest BCUT2D eigenvalue weighted by atomic mass is 35.5. The molecule has 0 spiro atoms. The van der Waals surface area contributed by atoms with E-state index in [0.29, 0.717) is 24.5 Å². The van der Waals surface area contributed by atoms with E-state index in [0.717, 1.165) is 0 Å². The van der Waals surface area contributed by atoms with Crippen LogP contribution in [0.5, 0.6) is 5.75 Å². The summed E-state index contributed by atoms with van der Waals surface area (Å²) in [6.07, 6.45) is 1.43. The molecule has 0 saturated carbocycles. The third-order valence-corrected chi connectivity index (χ3v) is 2.92. The minimum absolute atomic E-state index is 0.162. The first-order chi connectivity index (χ1) is 9.60. The van der Waals surface area contributed by atoms with Gasteiger partial charge in [0.05, 0.1) is 12.7 Å². The van der Waals surface area contributed by atoms with Gasteiger partial charge < -0.3 is 10.5 Å². The minimum atomic E-state index is -0.426. The monoisotopic (exact) mass is 297 g/mol. The Labute approximate surface area is 119 Å². The number of hydrogen-bond donors (Lipinski definition) is 1. The van der Waals surface area contributed by atoms with Crippen LogP contribution < -0.4 is 16.0 Å². The van der Waals surface area contributed by atoms with Crippen molar-refractivity contribution < 1.29 is 9.13 Å². The van der Waals surface area contributed by atoms with Gasteiger partial charge in [-0.1, -0.05) is 17.7 Å². The molecule has 0 bridgehead atoms. The van der Waals surface area contributed by atoms with E-state index < -0.39 is 5.82 Å². The molecule has 0 unspecified atom stereocenters. The molecule has 0 saturated heterocycles. The molecule has 0 aliphatic heterocycles. The number of benzene rings is 1. The fraction of sp³-hybridized carbons (Fsp3) is 0.231. The normalized spacial score (nSPS) is 10.6. The highest BCUT2D eigenvalue weighted by Crippen LogP contribution is 2.17. The van der Waals surface area contributed by atoms with Crippen LogP contribution in [0.25, 0.3) is 0 Å². The Morgan fingerprint density at radius 1 is 1.40 bits per heavy atom. The summed E-state index contributed by atoms with van der Waals surface area (Å²) in [4.78, 5) is 11.9.